The normalized spacial score (nSPS) is 14.2. The van der Waals surface area contributed by atoms with Crippen molar-refractivity contribution in [3.05, 3.63) is 59.8 Å². The van der Waals surface area contributed by atoms with Crippen molar-refractivity contribution in [1.29, 1.82) is 0 Å². The highest BCUT2D eigenvalue weighted by Crippen LogP contribution is 2.15. The number of nitrogens with one attached hydrogen (secondary N) is 1. The van der Waals surface area contributed by atoms with Crippen LogP contribution in [0.25, 0.3) is 0 Å². The third-order valence-corrected chi connectivity index (χ3v) is 4.98. The van der Waals surface area contributed by atoms with Crippen LogP contribution in [0.5, 0.6) is 0 Å². The van der Waals surface area contributed by atoms with Crippen LogP contribution in [0.4, 0.5) is 5.82 Å². The maximum atomic E-state index is 12.9. The van der Waals surface area contributed by atoms with Crippen LogP contribution in [-0.2, 0) is 0 Å². The summed E-state index contributed by atoms with van der Waals surface area (Å²) in [6, 6.07) is 12.8. The molecule has 1 aromatic heterocycles. The van der Waals surface area contributed by atoms with Crippen LogP contribution in [0.1, 0.15) is 27.1 Å². The third-order valence-electron chi connectivity index (χ3n) is 4.98. The summed E-state index contributed by atoms with van der Waals surface area (Å²) in [5.41, 5.74) is 1.07. The molecular weight excluding hydrogens is 366 g/mol. The zero-order chi connectivity index (χ0) is 20.6. The van der Waals surface area contributed by atoms with Gasteiger partial charge < -0.3 is 20.0 Å². The predicted octanol–water partition coefficient (Wildman–Crippen LogP) is 1.73. The number of carbonyl (C=O) groups is 2. The number of rotatable bonds is 7. The van der Waals surface area contributed by atoms with Crippen molar-refractivity contribution in [3.8, 4) is 0 Å². The first-order valence-corrected chi connectivity index (χ1v) is 10.0. The van der Waals surface area contributed by atoms with Gasteiger partial charge in [-0.3, -0.25) is 9.59 Å². The average molecular weight is 396 g/mol. The summed E-state index contributed by atoms with van der Waals surface area (Å²) in [7, 11) is 4.01. The zero-order valence-electron chi connectivity index (χ0n) is 17.2. The van der Waals surface area contributed by atoms with Crippen LogP contribution in [0.2, 0.25) is 0 Å². The number of piperazine rings is 1. The van der Waals surface area contributed by atoms with Gasteiger partial charge in [0.1, 0.15) is 5.82 Å². The van der Waals surface area contributed by atoms with Gasteiger partial charge in [-0.05, 0) is 57.4 Å². The number of nitrogens with zero attached hydrogens (tertiary/aromatic N) is 4. The predicted molar refractivity (Wildman–Crippen MR) is 114 cm³/mol. The molecule has 1 aliphatic rings. The minimum absolute atomic E-state index is 0.0343. The van der Waals surface area contributed by atoms with E-state index in [1.165, 1.54) is 0 Å². The smallest absolute Gasteiger partial charge is 0.253 e. The molecule has 0 atom stereocenters. The van der Waals surface area contributed by atoms with E-state index in [4.69, 9.17) is 0 Å². The highest BCUT2D eigenvalue weighted by molar-refractivity contribution is 5.99. The topological polar surface area (TPSA) is 68.8 Å². The molecule has 0 aliphatic carbocycles. The number of hydrogen-bond acceptors (Lipinski definition) is 5. The van der Waals surface area contributed by atoms with E-state index in [9.17, 15) is 9.59 Å². The second-order valence-electron chi connectivity index (χ2n) is 7.46. The van der Waals surface area contributed by atoms with E-state index in [2.05, 4.69) is 20.1 Å². The van der Waals surface area contributed by atoms with Crippen LogP contribution >= 0.6 is 0 Å². The fourth-order valence-corrected chi connectivity index (χ4v) is 3.35. The molecule has 1 aromatic carbocycles. The first-order chi connectivity index (χ1) is 14.0. The minimum atomic E-state index is -0.140. The number of benzene rings is 1. The van der Waals surface area contributed by atoms with Crippen LogP contribution in [0.15, 0.2) is 48.7 Å². The molecule has 0 radical (unpaired) electrons. The Morgan fingerprint density at radius 2 is 1.79 bits per heavy atom. The second kappa shape index (κ2) is 10.0. The monoisotopic (exact) mass is 395 g/mol. The summed E-state index contributed by atoms with van der Waals surface area (Å²) < 4.78 is 0. The number of aromatic nitrogens is 1. The first kappa shape index (κ1) is 20.8. The molecule has 29 heavy (non-hydrogen) atoms. The molecule has 1 aliphatic heterocycles. The SMILES string of the molecule is CN(C)CCCNC(=O)c1cccc(C(=O)N2CCN(c3ccccn3)CC2)c1. The molecule has 1 fully saturated rings. The Balaban J connectivity index is 1.55. The number of hydrogen-bond donors (Lipinski definition) is 1. The molecular formula is C22H29N5O2. The van der Waals surface area contributed by atoms with E-state index >= 15 is 0 Å². The lowest BCUT2D eigenvalue weighted by molar-refractivity contribution is 0.0746. The molecule has 0 bridgehead atoms. The maximum Gasteiger partial charge on any atom is 0.253 e. The van der Waals surface area contributed by atoms with Crippen LogP contribution in [-0.4, -0.2) is 80.0 Å². The van der Waals surface area contributed by atoms with E-state index < -0.39 is 0 Å². The van der Waals surface area contributed by atoms with E-state index in [0.29, 0.717) is 30.8 Å². The van der Waals surface area contributed by atoms with Gasteiger partial charge in [-0.25, -0.2) is 4.98 Å². The van der Waals surface area contributed by atoms with Gasteiger partial charge in [0.25, 0.3) is 11.8 Å². The molecule has 0 unspecified atom stereocenters. The minimum Gasteiger partial charge on any atom is -0.353 e. The van der Waals surface area contributed by atoms with Crippen molar-refractivity contribution in [3.63, 3.8) is 0 Å². The molecule has 154 valence electrons. The molecule has 3 rings (SSSR count). The summed E-state index contributed by atoms with van der Waals surface area (Å²) in [5, 5.41) is 2.92. The van der Waals surface area contributed by atoms with Crippen LogP contribution in [0, 0.1) is 0 Å². The summed E-state index contributed by atoms with van der Waals surface area (Å²) >= 11 is 0. The van der Waals surface area contributed by atoms with Crippen molar-refractivity contribution in [1.82, 2.24) is 20.1 Å². The molecule has 2 heterocycles. The van der Waals surface area contributed by atoms with Crippen LogP contribution in [0.3, 0.4) is 0 Å². The molecule has 7 heteroatoms. The van der Waals surface area contributed by atoms with Gasteiger partial charge in [0.15, 0.2) is 0 Å². The standard InChI is InChI=1S/C22H29N5O2/c1-25(2)12-6-11-24-21(28)18-7-5-8-19(17-18)22(29)27-15-13-26(14-16-27)20-9-3-4-10-23-20/h3-5,7-10,17H,6,11-16H2,1-2H3,(H,24,28). The van der Waals surface area contributed by atoms with Gasteiger partial charge in [-0.15, -0.1) is 0 Å². The fraction of sp³-hybridized carbons (Fsp3) is 0.409. The Hall–Kier alpha value is -2.93. The highest BCUT2D eigenvalue weighted by atomic mass is 16.2. The Kier molecular flexibility index (Phi) is 7.19. The number of anilines is 1. The molecule has 2 amide bonds. The molecule has 1 saturated heterocycles. The largest absolute Gasteiger partial charge is 0.353 e. The lowest BCUT2D eigenvalue weighted by Crippen LogP contribution is -2.49. The molecule has 1 N–H and O–H groups in total. The molecule has 0 spiro atoms. The molecule has 7 nitrogen and oxygen atoms in total. The third kappa shape index (κ3) is 5.77. The van der Waals surface area contributed by atoms with Crippen molar-refractivity contribution < 1.29 is 9.59 Å². The van der Waals surface area contributed by atoms with E-state index in [-0.39, 0.29) is 11.8 Å². The second-order valence-corrected chi connectivity index (χ2v) is 7.46. The number of pyridine rings is 1. The summed E-state index contributed by atoms with van der Waals surface area (Å²) in [5.74, 6) is 0.763. The zero-order valence-corrected chi connectivity index (χ0v) is 17.2. The Bertz CT molecular complexity index is 817. The lowest BCUT2D eigenvalue weighted by Gasteiger charge is -2.35. The Labute approximate surface area is 172 Å². The van der Waals surface area contributed by atoms with Crippen molar-refractivity contribution in [2.45, 2.75) is 6.42 Å². The van der Waals surface area contributed by atoms with Crippen LogP contribution < -0.4 is 10.2 Å². The van der Waals surface area contributed by atoms with E-state index in [1.54, 1.807) is 30.5 Å². The van der Waals surface area contributed by atoms with Crippen molar-refractivity contribution in [2.75, 3.05) is 58.3 Å². The van der Waals surface area contributed by atoms with E-state index in [0.717, 1.165) is 31.9 Å². The summed E-state index contributed by atoms with van der Waals surface area (Å²) in [6.45, 7) is 4.30. The van der Waals surface area contributed by atoms with Gasteiger partial charge >= 0.3 is 0 Å². The number of carbonyl (C=O) groups excluding carboxylic acids is 2. The lowest BCUT2D eigenvalue weighted by atomic mass is 10.1. The van der Waals surface area contributed by atoms with Crippen molar-refractivity contribution in [2.24, 2.45) is 0 Å². The Morgan fingerprint density at radius 1 is 1.03 bits per heavy atom. The van der Waals surface area contributed by atoms with E-state index in [1.807, 2.05) is 37.2 Å². The number of amides is 2. The highest BCUT2D eigenvalue weighted by Gasteiger charge is 2.23. The van der Waals surface area contributed by atoms with Gasteiger partial charge in [0.05, 0.1) is 0 Å². The summed E-state index contributed by atoms with van der Waals surface area (Å²) in [6.07, 6.45) is 2.67. The fourth-order valence-electron chi connectivity index (χ4n) is 3.35. The quantitative estimate of drug-likeness (QED) is 0.723. The first-order valence-electron chi connectivity index (χ1n) is 10.0. The van der Waals surface area contributed by atoms with Gasteiger partial charge in [0.2, 0.25) is 0 Å². The van der Waals surface area contributed by atoms with Gasteiger partial charge in [-0.1, -0.05) is 12.1 Å². The summed E-state index contributed by atoms with van der Waals surface area (Å²) in [4.78, 5) is 35.8. The van der Waals surface area contributed by atoms with Gasteiger partial charge in [0, 0.05) is 50.0 Å². The van der Waals surface area contributed by atoms with Gasteiger partial charge in [-0.2, -0.15) is 0 Å². The molecule has 0 saturated carbocycles. The Morgan fingerprint density at radius 3 is 2.48 bits per heavy atom. The molecule has 2 aromatic rings. The average Bonchev–Trinajstić information content (AvgIpc) is 2.77. The maximum absolute atomic E-state index is 12.9. The van der Waals surface area contributed by atoms with Crippen molar-refractivity contribution >= 4 is 17.6 Å².